The molecule has 0 fully saturated rings. The van der Waals surface area contributed by atoms with Crippen molar-refractivity contribution in [2.75, 3.05) is 6.61 Å². The van der Waals surface area contributed by atoms with Gasteiger partial charge in [-0.25, -0.2) is 4.79 Å². The zero-order valence-electron chi connectivity index (χ0n) is 8.22. The van der Waals surface area contributed by atoms with Crippen molar-refractivity contribution >= 4 is 15.5 Å². The van der Waals surface area contributed by atoms with Crippen LogP contribution in [0.3, 0.4) is 0 Å². The number of carbonyl (C=O) groups excluding carboxylic acids is 1. The first kappa shape index (κ1) is 11.4. The fourth-order valence-electron chi connectivity index (χ4n) is 0.749. The van der Waals surface area contributed by atoms with Crippen molar-refractivity contribution in [1.29, 1.82) is 0 Å². The lowest BCUT2D eigenvalue weighted by molar-refractivity contribution is -0.138. The maximum absolute atomic E-state index is 11.1. The zero-order valence-corrected chi connectivity index (χ0v) is 9.64. The van der Waals surface area contributed by atoms with Crippen LogP contribution in [0.1, 0.15) is 20.3 Å². The lowest BCUT2D eigenvalue weighted by Crippen LogP contribution is -2.06. The van der Waals surface area contributed by atoms with Crippen LogP contribution in [-0.4, -0.2) is 22.1 Å². The molecular formula is C9H18O2Si. The number of ether oxygens (including phenoxy) is 1. The second kappa shape index (κ2) is 7.10. The highest BCUT2D eigenvalue weighted by Crippen LogP contribution is 1.97. The number of rotatable bonds is 5. The van der Waals surface area contributed by atoms with E-state index in [1.165, 1.54) is 6.04 Å². The monoisotopic (exact) mass is 186 g/mol. The molecule has 0 aliphatic carbocycles. The lowest BCUT2D eigenvalue weighted by Gasteiger charge is -2.02. The van der Waals surface area contributed by atoms with Gasteiger partial charge >= 0.3 is 5.97 Å². The predicted octanol–water partition coefficient (Wildman–Crippen LogP) is 1.52. The van der Waals surface area contributed by atoms with Gasteiger partial charge in [-0.15, -0.1) is 0 Å². The van der Waals surface area contributed by atoms with E-state index in [9.17, 15) is 4.79 Å². The summed E-state index contributed by atoms with van der Waals surface area (Å²) in [6.07, 6.45) is 2.81. The van der Waals surface area contributed by atoms with Crippen molar-refractivity contribution in [3.05, 3.63) is 11.6 Å². The van der Waals surface area contributed by atoms with Gasteiger partial charge in [-0.1, -0.05) is 18.7 Å². The molecule has 0 bridgehead atoms. The molecule has 0 radical (unpaired) electrons. The summed E-state index contributed by atoms with van der Waals surface area (Å²) in [6.45, 7) is 6.47. The van der Waals surface area contributed by atoms with Crippen LogP contribution >= 0.6 is 0 Å². The molecule has 0 heterocycles. The molecule has 2 nitrogen and oxygen atoms in total. The van der Waals surface area contributed by atoms with Gasteiger partial charge in [-0.05, 0) is 20.3 Å². The highest BCUT2D eigenvalue weighted by Gasteiger charge is 2.02. The number of carbonyl (C=O) groups is 1. The second-order valence-corrected chi connectivity index (χ2v) is 4.52. The van der Waals surface area contributed by atoms with E-state index in [-0.39, 0.29) is 15.5 Å². The Labute approximate surface area is 76.8 Å². The van der Waals surface area contributed by atoms with Crippen LogP contribution in [0.25, 0.3) is 0 Å². The normalized spacial score (nSPS) is 12.4. The fraction of sp³-hybridized carbons (Fsp3) is 0.667. The standard InChI is InChI=1S/C9H18O2Si/c1-4-8(2)9(10)11-6-5-7-12-3/h4H,5-7,12H2,1-3H3/b8-4+. The highest BCUT2D eigenvalue weighted by atomic mass is 28.2. The van der Waals surface area contributed by atoms with E-state index in [1.807, 2.05) is 6.92 Å². The molecule has 0 rings (SSSR count). The van der Waals surface area contributed by atoms with Crippen LogP contribution in [0, 0.1) is 0 Å². The minimum Gasteiger partial charge on any atom is -0.462 e. The maximum atomic E-state index is 11.1. The largest absolute Gasteiger partial charge is 0.462 e. The molecule has 0 aromatic rings. The Bertz CT molecular complexity index is 164. The maximum Gasteiger partial charge on any atom is 0.333 e. The van der Waals surface area contributed by atoms with Gasteiger partial charge in [-0.3, -0.25) is 0 Å². The summed E-state index contributed by atoms with van der Waals surface area (Å²) in [7, 11) is 0.139. The first-order valence-corrected chi connectivity index (χ1v) is 6.93. The average Bonchev–Trinajstić information content (AvgIpc) is 2.10. The zero-order chi connectivity index (χ0) is 9.40. The van der Waals surface area contributed by atoms with E-state index in [1.54, 1.807) is 13.0 Å². The van der Waals surface area contributed by atoms with Gasteiger partial charge in [0.05, 0.1) is 6.61 Å². The molecule has 0 saturated heterocycles. The number of esters is 1. The van der Waals surface area contributed by atoms with E-state index in [2.05, 4.69) is 6.55 Å². The quantitative estimate of drug-likeness (QED) is 0.282. The number of allylic oxidation sites excluding steroid dienone is 1. The first-order valence-electron chi connectivity index (χ1n) is 4.52. The Hall–Kier alpha value is -0.573. The van der Waals surface area contributed by atoms with Crippen LogP contribution in [0.2, 0.25) is 12.6 Å². The number of hydrogen-bond acceptors (Lipinski definition) is 2. The van der Waals surface area contributed by atoms with E-state index in [0.29, 0.717) is 12.2 Å². The molecular weight excluding hydrogens is 168 g/mol. The molecule has 0 aromatic carbocycles. The van der Waals surface area contributed by atoms with Gasteiger partial charge in [0, 0.05) is 15.1 Å². The Morgan fingerprint density at radius 3 is 2.75 bits per heavy atom. The Morgan fingerprint density at radius 1 is 1.58 bits per heavy atom. The minimum absolute atomic E-state index is 0.139. The van der Waals surface area contributed by atoms with Gasteiger partial charge in [0.15, 0.2) is 0 Å². The van der Waals surface area contributed by atoms with Crippen molar-refractivity contribution < 1.29 is 9.53 Å². The van der Waals surface area contributed by atoms with E-state index < -0.39 is 0 Å². The second-order valence-electron chi connectivity index (χ2n) is 2.81. The SMILES string of the molecule is C/C=C(\C)C(=O)OCCC[SiH2]C. The van der Waals surface area contributed by atoms with Gasteiger partial charge < -0.3 is 4.74 Å². The smallest absolute Gasteiger partial charge is 0.333 e. The first-order chi connectivity index (χ1) is 5.72. The van der Waals surface area contributed by atoms with E-state index >= 15 is 0 Å². The van der Waals surface area contributed by atoms with Gasteiger partial charge in [0.1, 0.15) is 0 Å². The Balaban J connectivity index is 3.45. The van der Waals surface area contributed by atoms with Crippen molar-refractivity contribution in [2.45, 2.75) is 32.9 Å². The summed E-state index contributed by atoms with van der Waals surface area (Å²) in [5.74, 6) is -0.171. The van der Waals surface area contributed by atoms with Crippen molar-refractivity contribution in [3.63, 3.8) is 0 Å². The summed E-state index contributed by atoms with van der Waals surface area (Å²) >= 11 is 0. The molecule has 0 aliphatic rings. The van der Waals surface area contributed by atoms with Gasteiger partial charge in [-0.2, -0.15) is 0 Å². The topological polar surface area (TPSA) is 26.3 Å². The number of hydrogen-bond donors (Lipinski definition) is 0. The summed E-state index contributed by atoms with van der Waals surface area (Å²) in [4.78, 5) is 11.1. The van der Waals surface area contributed by atoms with Crippen LogP contribution < -0.4 is 0 Å². The molecule has 0 spiro atoms. The van der Waals surface area contributed by atoms with E-state index in [0.717, 1.165) is 6.42 Å². The minimum atomic E-state index is -0.171. The third-order valence-corrected chi connectivity index (χ3v) is 2.94. The summed E-state index contributed by atoms with van der Waals surface area (Å²) in [6, 6.07) is 1.27. The molecule has 0 unspecified atom stereocenters. The van der Waals surface area contributed by atoms with Crippen LogP contribution in [0.5, 0.6) is 0 Å². The Morgan fingerprint density at radius 2 is 2.25 bits per heavy atom. The van der Waals surface area contributed by atoms with E-state index in [4.69, 9.17) is 4.74 Å². The van der Waals surface area contributed by atoms with Crippen molar-refractivity contribution in [2.24, 2.45) is 0 Å². The molecule has 3 heteroatoms. The molecule has 70 valence electrons. The highest BCUT2D eigenvalue weighted by molar-refractivity contribution is 6.33. The van der Waals surface area contributed by atoms with Crippen LogP contribution in [-0.2, 0) is 9.53 Å². The van der Waals surface area contributed by atoms with Crippen LogP contribution in [0.4, 0.5) is 0 Å². The predicted molar refractivity (Wildman–Crippen MR) is 54.2 cm³/mol. The molecule has 0 aromatic heterocycles. The molecule has 12 heavy (non-hydrogen) atoms. The fourth-order valence-corrected chi connectivity index (χ4v) is 1.45. The van der Waals surface area contributed by atoms with Crippen molar-refractivity contribution in [1.82, 2.24) is 0 Å². The van der Waals surface area contributed by atoms with Crippen molar-refractivity contribution in [3.8, 4) is 0 Å². The van der Waals surface area contributed by atoms with Gasteiger partial charge in [0.25, 0.3) is 0 Å². The third kappa shape index (κ3) is 5.13. The average molecular weight is 186 g/mol. The Kier molecular flexibility index (Phi) is 6.76. The third-order valence-electron chi connectivity index (χ3n) is 1.74. The molecule has 0 N–H and O–H groups in total. The summed E-state index contributed by atoms with van der Waals surface area (Å²) in [5.41, 5.74) is 0.698. The summed E-state index contributed by atoms with van der Waals surface area (Å²) < 4.78 is 5.01. The molecule has 0 aliphatic heterocycles. The van der Waals surface area contributed by atoms with Crippen LogP contribution in [0.15, 0.2) is 11.6 Å². The van der Waals surface area contributed by atoms with Gasteiger partial charge in [0.2, 0.25) is 0 Å². The summed E-state index contributed by atoms with van der Waals surface area (Å²) in [5, 5.41) is 0. The molecule has 0 amide bonds. The lowest BCUT2D eigenvalue weighted by atomic mass is 10.3. The molecule has 0 atom stereocenters. The molecule has 0 saturated carbocycles.